The molecule has 3 fully saturated rings. The summed E-state index contributed by atoms with van der Waals surface area (Å²) in [6, 6.07) is 1.90. The summed E-state index contributed by atoms with van der Waals surface area (Å²) < 4.78 is 34.1. The summed E-state index contributed by atoms with van der Waals surface area (Å²) in [4.78, 5) is 95.5. The molecule has 322 valence electrons. The van der Waals surface area contributed by atoms with Gasteiger partial charge in [0.05, 0.1) is 19.3 Å². The molecule has 0 saturated heterocycles. The van der Waals surface area contributed by atoms with Gasteiger partial charge in [-0.1, -0.05) is 31.9 Å². The predicted octanol–water partition coefficient (Wildman–Crippen LogP) is 5.02. The highest BCUT2D eigenvalue weighted by molar-refractivity contribution is 6.01. The summed E-state index contributed by atoms with van der Waals surface area (Å²) in [5.74, 6) is -7.64. The van der Waals surface area contributed by atoms with Crippen molar-refractivity contribution in [2.75, 3.05) is 19.8 Å². The van der Waals surface area contributed by atoms with Crippen LogP contribution in [0.1, 0.15) is 95.3 Å². The van der Waals surface area contributed by atoms with E-state index in [1.54, 1.807) is 20.8 Å². The fraction of sp³-hybridized carbons (Fsp3) is 0.615. The number of aliphatic hydroxyl groups is 1. The Morgan fingerprint density at radius 1 is 0.966 bits per heavy atom. The van der Waals surface area contributed by atoms with Gasteiger partial charge in [0.25, 0.3) is 10.2 Å². The molecule has 1 aromatic carbocycles. The molecule has 4 aliphatic carbocycles. The van der Waals surface area contributed by atoms with Crippen LogP contribution in [-0.2, 0) is 33.5 Å². The lowest BCUT2D eigenvalue weighted by Gasteiger charge is -2.62. The average Bonchev–Trinajstić information content (AvgIpc) is 3.38. The molecule has 0 bridgehead atoms. The fourth-order valence-corrected chi connectivity index (χ4v) is 10.0. The van der Waals surface area contributed by atoms with Crippen LogP contribution in [0.2, 0.25) is 0 Å². The minimum atomic E-state index is -2.29. The Morgan fingerprint density at radius 2 is 1.64 bits per heavy atom. The van der Waals surface area contributed by atoms with Crippen LogP contribution >= 0.6 is 0 Å². The van der Waals surface area contributed by atoms with Crippen LogP contribution in [0.25, 0.3) is 0 Å². The predicted molar refractivity (Wildman–Crippen MR) is 196 cm³/mol. The second-order valence-corrected chi connectivity index (χ2v) is 16.0. The summed E-state index contributed by atoms with van der Waals surface area (Å²) in [6.07, 6.45) is 1.35. The number of nitrogens with zero attached hydrogens (tertiary/aromatic N) is 2. The molecule has 8 atom stereocenters. The van der Waals surface area contributed by atoms with E-state index in [9.17, 15) is 59.5 Å². The van der Waals surface area contributed by atoms with Gasteiger partial charge in [0.15, 0.2) is 40.9 Å². The number of esters is 1. The van der Waals surface area contributed by atoms with Gasteiger partial charge in [0, 0.05) is 41.1 Å². The number of allylic oxidation sites excluding steroid dienone is 4. The van der Waals surface area contributed by atoms with Gasteiger partial charge in [-0.25, -0.2) is 9.18 Å². The summed E-state index contributed by atoms with van der Waals surface area (Å²) >= 11 is 0. The molecule has 4 aliphatic rings. The van der Waals surface area contributed by atoms with Gasteiger partial charge in [-0.2, -0.15) is 0 Å². The van der Waals surface area contributed by atoms with Gasteiger partial charge >= 0.3 is 12.1 Å². The maximum absolute atomic E-state index is 17.8. The first-order chi connectivity index (χ1) is 27.7. The molecule has 2 unspecified atom stereocenters. The molecule has 20 heteroatoms. The van der Waals surface area contributed by atoms with Crippen molar-refractivity contribution in [1.82, 2.24) is 0 Å². The number of fused-ring (bicyclic) bond motifs is 5. The normalized spacial score (nSPS) is 30.5. The van der Waals surface area contributed by atoms with E-state index in [4.69, 9.17) is 14.2 Å². The standard InChI is InChI=1S/C39H47FN2O17/c1-22-16-27-26-11-10-24-19-25(43)12-13-36(24,2)38(26,40)31(46)20-37(27,3)39(22,59-33(48)9-7-15-57-42(53)54)32(47)21-55-35(50)58-30-18-23(17-29(45)34(30)49)28(44)8-5-4-6-14-56-41(51)52/h12-13,17-19,22,26-27,31,45-46,49H,4-11,14-16,20-21H2,1-3H3/t22-,26?,27?,31+,36+,37+,38+,39+/m1/s1. The summed E-state index contributed by atoms with van der Waals surface area (Å²) in [5, 5.41) is 51.5. The quantitative estimate of drug-likeness (QED) is 0.0333. The second-order valence-electron chi connectivity index (χ2n) is 16.0. The van der Waals surface area contributed by atoms with Crippen LogP contribution < -0.4 is 4.74 Å². The highest BCUT2D eigenvalue weighted by atomic mass is 19.1. The molecule has 3 N–H and O–H groups in total. The SMILES string of the molecule is C[C@@H]1CC2C3CCC4=CC(=O)C=C[C@]4(C)[C@@]3(F)[C@@H](O)C[C@]2(C)[C@@]1(OC(=O)CCCO[N+](=O)[O-])C(=O)COC(=O)Oc1cc(C(=O)CCCCCO[N+](=O)[O-])cc(O)c1O. The number of alkyl halides is 1. The van der Waals surface area contributed by atoms with Crippen molar-refractivity contribution in [3.63, 3.8) is 0 Å². The lowest BCUT2D eigenvalue weighted by atomic mass is 9.44. The molecule has 0 amide bonds. The zero-order chi connectivity index (χ0) is 43.5. The lowest BCUT2D eigenvalue weighted by molar-refractivity contribution is -0.757. The van der Waals surface area contributed by atoms with Crippen LogP contribution in [0.5, 0.6) is 17.2 Å². The molecule has 0 aromatic heterocycles. The monoisotopic (exact) mass is 834 g/mol. The second kappa shape index (κ2) is 17.3. The topological polar surface area (TPSA) is 278 Å². The first-order valence-corrected chi connectivity index (χ1v) is 19.3. The number of rotatable bonds is 18. The van der Waals surface area contributed by atoms with Gasteiger partial charge in [0.2, 0.25) is 11.5 Å². The van der Waals surface area contributed by atoms with E-state index in [-0.39, 0.29) is 43.6 Å². The Morgan fingerprint density at radius 3 is 2.32 bits per heavy atom. The molecule has 0 radical (unpaired) electrons. The van der Waals surface area contributed by atoms with Crippen LogP contribution in [0.15, 0.2) is 35.9 Å². The first kappa shape index (κ1) is 44.4. The summed E-state index contributed by atoms with van der Waals surface area (Å²) in [5.41, 5.74) is -6.89. The number of hydrogen-bond donors (Lipinski definition) is 3. The zero-order valence-electron chi connectivity index (χ0n) is 32.7. The third kappa shape index (κ3) is 8.31. The Kier molecular flexibility index (Phi) is 13.0. The number of carbonyl (C=O) groups excluding carboxylic acids is 5. The van der Waals surface area contributed by atoms with Crippen molar-refractivity contribution >= 4 is 29.5 Å². The maximum atomic E-state index is 17.8. The van der Waals surface area contributed by atoms with Crippen molar-refractivity contribution in [3.05, 3.63) is 61.7 Å². The van der Waals surface area contributed by atoms with Gasteiger partial charge in [0.1, 0.15) is 0 Å². The van der Waals surface area contributed by atoms with Gasteiger partial charge in [-0.05, 0) is 82.1 Å². The Hall–Kier alpha value is -5.66. The molecule has 59 heavy (non-hydrogen) atoms. The Balaban J connectivity index is 1.36. The Labute approximate surface area is 336 Å². The number of ketones is 3. The third-order valence-corrected chi connectivity index (χ3v) is 12.7. The minimum Gasteiger partial charge on any atom is -0.504 e. The molecule has 5 rings (SSSR count). The average molecular weight is 835 g/mol. The maximum Gasteiger partial charge on any atom is 0.514 e. The van der Waals surface area contributed by atoms with Crippen molar-refractivity contribution in [2.45, 2.75) is 102 Å². The van der Waals surface area contributed by atoms with Crippen molar-refractivity contribution in [1.29, 1.82) is 0 Å². The summed E-state index contributed by atoms with van der Waals surface area (Å²) in [7, 11) is 0. The van der Waals surface area contributed by atoms with E-state index < -0.39 is 123 Å². The number of hydrogen-bond acceptors (Lipinski definition) is 17. The number of ether oxygens (including phenoxy) is 3. The first-order valence-electron chi connectivity index (χ1n) is 19.3. The molecule has 0 aliphatic heterocycles. The number of carbonyl (C=O) groups is 5. The lowest BCUT2D eigenvalue weighted by Crippen LogP contribution is -2.70. The van der Waals surface area contributed by atoms with E-state index >= 15 is 4.39 Å². The van der Waals surface area contributed by atoms with Crippen LogP contribution in [0.3, 0.4) is 0 Å². The van der Waals surface area contributed by atoms with Crippen LogP contribution in [0.4, 0.5) is 9.18 Å². The zero-order valence-corrected chi connectivity index (χ0v) is 32.7. The molecule has 0 heterocycles. The van der Waals surface area contributed by atoms with Crippen molar-refractivity contribution in [3.8, 4) is 17.2 Å². The van der Waals surface area contributed by atoms with Crippen LogP contribution in [-0.4, -0.2) is 92.2 Å². The third-order valence-electron chi connectivity index (χ3n) is 12.7. The van der Waals surface area contributed by atoms with Crippen molar-refractivity contribution in [2.24, 2.45) is 28.6 Å². The smallest absolute Gasteiger partial charge is 0.504 e. The number of aromatic hydroxyl groups is 2. The van der Waals surface area contributed by atoms with E-state index in [1.165, 1.54) is 18.2 Å². The highest BCUT2D eigenvalue weighted by Crippen LogP contribution is 2.71. The molecule has 3 saturated carbocycles. The van der Waals surface area contributed by atoms with Crippen molar-refractivity contribution < 1.29 is 77.7 Å². The number of benzene rings is 1. The molecular weight excluding hydrogens is 787 g/mol. The number of phenolic OH excluding ortho intramolecular Hbond substituents is 2. The molecular formula is C39H47FN2O17. The minimum absolute atomic E-state index is 0.0743. The number of phenols is 2. The van der Waals surface area contributed by atoms with Gasteiger partial charge < -0.3 is 39.2 Å². The largest absolute Gasteiger partial charge is 0.514 e. The molecule has 0 spiro atoms. The van der Waals surface area contributed by atoms with E-state index in [0.29, 0.717) is 31.3 Å². The van der Waals surface area contributed by atoms with E-state index in [1.807, 2.05) is 0 Å². The number of unbranched alkanes of at least 4 members (excludes halogenated alkanes) is 2. The van der Waals surface area contributed by atoms with Crippen LogP contribution in [0, 0.1) is 48.8 Å². The molecule has 19 nitrogen and oxygen atoms in total. The number of halogens is 1. The molecule has 1 aromatic rings. The highest BCUT2D eigenvalue weighted by Gasteiger charge is 2.77. The number of aliphatic hydroxyl groups excluding tert-OH is 1. The fourth-order valence-electron chi connectivity index (χ4n) is 10.0. The van der Waals surface area contributed by atoms with E-state index in [0.717, 1.165) is 12.1 Å². The van der Waals surface area contributed by atoms with E-state index in [2.05, 4.69) is 9.68 Å². The van der Waals surface area contributed by atoms with Gasteiger partial charge in [-0.15, -0.1) is 20.2 Å². The van der Waals surface area contributed by atoms with Gasteiger partial charge in [-0.3, -0.25) is 19.2 Å². The number of Topliss-reactive ketones (excluding diaryl/α,β-unsaturated/α-hetero) is 2. The Bertz CT molecular complexity index is 1950. The summed E-state index contributed by atoms with van der Waals surface area (Å²) in [6.45, 7) is 3.11.